The number of carbonyl (C=O) groups excluding carboxylic acids is 1. The molecule has 0 aromatic rings. The Labute approximate surface area is 78.2 Å². The molecule has 1 rings (SSSR count). The fourth-order valence-electron chi connectivity index (χ4n) is 1.43. The number of sulfone groups is 1. The number of hydrogen-bond donors (Lipinski definition) is 0. The summed E-state index contributed by atoms with van der Waals surface area (Å²) in [6.45, 7) is 0.558. The maximum atomic E-state index is 10.9. The van der Waals surface area contributed by atoms with E-state index in [1.807, 2.05) is 0 Å². The maximum absolute atomic E-state index is 10.9. The molecule has 0 bridgehead atoms. The van der Waals surface area contributed by atoms with Gasteiger partial charge < -0.3 is 9.53 Å². The molecule has 1 unspecified atom stereocenters. The SMILES string of the molecule is CS(=O)(=O)CCC1(C=O)CCCO1. The lowest BCUT2D eigenvalue weighted by Gasteiger charge is -2.20. The Bertz CT molecular complexity index is 275. The average molecular weight is 206 g/mol. The quantitative estimate of drug-likeness (QED) is 0.615. The Balaban J connectivity index is 2.54. The largest absolute Gasteiger partial charge is 0.367 e. The second-order valence-electron chi connectivity index (χ2n) is 3.51. The van der Waals surface area contributed by atoms with E-state index in [1.165, 1.54) is 6.26 Å². The van der Waals surface area contributed by atoms with Crippen LogP contribution < -0.4 is 0 Å². The first-order valence-corrected chi connectivity index (χ1v) is 6.32. The van der Waals surface area contributed by atoms with Gasteiger partial charge in [-0.05, 0) is 19.3 Å². The molecule has 0 aromatic carbocycles. The van der Waals surface area contributed by atoms with Crippen LogP contribution in [0.5, 0.6) is 0 Å². The van der Waals surface area contributed by atoms with Crippen LogP contribution >= 0.6 is 0 Å². The van der Waals surface area contributed by atoms with Crippen LogP contribution in [0.1, 0.15) is 19.3 Å². The van der Waals surface area contributed by atoms with Crippen molar-refractivity contribution in [1.82, 2.24) is 0 Å². The topological polar surface area (TPSA) is 60.4 Å². The van der Waals surface area contributed by atoms with Gasteiger partial charge in [-0.2, -0.15) is 0 Å². The first kappa shape index (κ1) is 10.7. The highest BCUT2D eigenvalue weighted by Crippen LogP contribution is 2.27. The van der Waals surface area contributed by atoms with E-state index in [0.717, 1.165) is 12.7 Å². The molecule has 1 heterocycles. The van der Waals surface area contributed by atoms with Crippen LogP contribution in [-0.4, -0.2) is 38.9 Å². The lowest BCUT2D eigenvalue weighted by molar-refractivity contribution is -0.125. The van der Waals surface area contributed by atoms with Gasteiger partial charge in [0.25, 0.3) is 0 Å². The predicted molar refractivity (Wildman–Crippen MR) is 48.3 cm³/mol. The fraction of sp³-hybridized carbons (Fsp3) is 0.875. The molecule has 0 aliphatic carbocycles. The van der Waals surface area contributed by atoms with Gasteiger partial charge in [0.05, 0.1) is 5.75 Å². The minimum Gasteiger partial charge on any atom is -0.367 e. The Morgan fingerprint density at radius 2 is 2.23 bits per heavy atom. The van der Waals surface area contributed by atoms with Gasteiger partial charge in [-0.3, -0.25) is 0 Å². The van der Waals surface area contributed by atoms with Gasteiger partial charge in [0.1, 0.15) is 15.4 Å². The van der Waals surface area contributed by atoms with Crippen LogP contribution in [-0.2, 0) is 19.4 Å². The van der Waals surface area contributed by atoms with Crippen molar-refractivity contribution in [3.63, 3.8) is 0 Å². The van der Waals surface area contributed by atoms with E-state index in [2.05, 4.69) is 0 Å². The van der Waals surface area contributed by atoms with Gasteiger partial charge in [0, 0.05) is 12.9 Å². The lowest BCUT2D eigenvalue weighted by Crippen LogP contribution is -2.32. The van der Waals surface area contributed by atoms with Crippen LogP contribution in [0.15, 0.2) is 0 Å². The zero-order valence-electron chi connectivity index (χ0n) is 7.65. The highest BCUT2D eigenvalue weighted by atomic mass is 32.2. The fourth-order valence-corrected chi connectivity index (χ4v) is 2.14. The molecule has 0 N–H and O–H groups in total. The number of ether oxygens (including phenoxy) is 1. The molecule has 0 aromatic heterocycles. The van der Waals surface area contributed by atoms with Gasteiger partial charge in [-0.15, -0.1) is 0 Å². The van der Waals surface area contributed by atoms with E-state index in [9.17, 15) is 13.2 Å². The van der Waals surface area contributed by atoms with Gasteiger partial charge >= 0.3 is 0 Å². The van der Waals surface area contributed by atoms with E-state index in [1.54, 1.807) is 0 Å². The molecular weight excluding hydrogens is 192 g/mol. The van der Waals surface area contributed by atoms with Crippen molar-refractivity contribution in [3.05, 3.63) is 0 Å². The summed E-state index contributed by atoms with van der Waals surface area (Å²) in [4.78, 5) is 10.7. The standard InChI is InChI=1S/C8H14O4S/c1-13(10,11)6-4-8(7-9)3-2-5-12-8/h7H,2-6H2,1H3. The van der Waals surface area contributed by atoms with E-state index in [4.69, 9.17) is 4.74 Å². The molecule has 0 amide bonds. The molecular formula is C8H14O4S. The van der Waals surface area contributed by atoms with Crippen molar-refractivity contribution in [3.8, 4) is 0 Å². The van der Waals surface area contributed by atoms with Crippen molar-refractivity contribution in [2.45, 2.75) is 24.9 Å². The van der Waals surface area contributed by atoms with Crippen LogP contribution in [0.4, 0.5) is 0 Å². The van der Waals surface area contributed by atoms with Crippen molar-refractivity contribution < 1.29 is 17.9 Å². The number of aldehydes is 1. The summed E-state index contributed by atoms with van der Waals surface area (Å²) in [5, 5.41) is 0. The first-order chi connectivity index (χ1) is 5.97. The Morgan fingerprint density at radius 3 is 2.62 bits per heavy atom. The molecule has 1 saturated heterocycles. The van der Waals surface area contributed by atoms with Crippen molar-refractivity contribution in [1.29, 1.82) is 0 Å². The highest BCUT2D eigenvalue weighted by molar-refractivity contribution is 7.90. The Morgan fingerprint density at radius 1 is 1.54 bits per heavy atom. The zero-order valence-corrected chi connectivity index (χ0v) is 8.47. The van der Waals surface area contributed by atoms with E-state index >= 15 is 0 Å². The molecule has 76 valence electrons. The average Bonchev–Trinajstić information content (AvgIpc) is 2.49. The molecule has 1 aliphatic rings. The molecule has 0 radical (unpaired) electrons. The normalized spacial score (nSPS) is 29.0. The zero-order chi connectivity index (χ0) is 9.95. The third-order valence-electron chi connectivity index (χ3n) is 2.24. The first-order valence-electron chi connectivity index (χ1n) is 4.25. The maximum Gasteiger partial charge on any atom is 0.151 e. The summed E-state index contributed by atoms with van der Waals surface area (Å²) in [7, 11) is -3.00. The molecule has 1 fully saturated rings. The number of rotatable bonds is 4. The van der Waals surface area contributed by atoms with Crippen molar-refractivity contribution in [2.24, 2.45) is 0 Å². The summed E-state index contributed by atoms with van der Waals surface area (Å²) >= 11 is 0. The van der Waals surface area contributed by atoms with Gasteiger partial charge in [-0.1, -0.05) is 0 Å². The third-order valence-corrected chi connectivity index (χ3v) is 3.19. The van der Waals surface area contributed by atoms with E-state index < -0.39 is 15.4 Å². The van der Waals surface area contributed by atoms with Gasteiger partial charge in [-0.25, -0.2) is 8.42 Å². The molecule has 1 aliphatic heterocycles. The third kappa shape index (κ3) is 3.08. The van der Waals surface area contributed by atoms with Crippen LogP contribution in [0.25, 0.3) is 0 Å². The molecule has 5 heteroatoms. The van der Waals surface area contributed by atoms with Gasteiger partial charge in [0.2, 0.25) is 0 Å². The monoisotopic (exact) mass is 206 g/mol. The summed E-state index contributed by atoms with van der Waals surface area (Å²) in [5.74, 6) is 0.0196. The van der Waals surface area contributed by atoms with Crippen LogP contribution in [0.2, 0.25) is 0 Å². The summed E-state index contributed by atoms with van der Waals surface area (Å²) in [6, 6.07) is 0. The van der Waals surface area contributed by atoms with E-state index in [-0.39, 0.29) is 12.2 Å². The lowest BCUT2D eigenvalue weighted by atomic mass is 9.99. The molecule has 13 heavy (non-hydrogen) atoms. The molecule has 0 saturated carbocycles. The van der Waals surface area contributed by atoms with Crippen LogP contribution in [0.3, 0.4) is 0 Å². The van der Waals surface area contributed by atoms with Crippen molar-refractivity contribution in [2.75, 3.05) is 18.6 Å². The Hall–Kier alpha value is -0.420. The smallest absolute Gasteiger partial charge is 0.151 e. The summed E-state index contributed by atoms with van der Waals surface area (Å²) in [5.41, 5.74) is -0.816. The minimum atomic E-state index is -3.00. The second kappa shape index (κ2) is 3.75. The molecule has 0 spiro atoms. The van der Waals surface area contributed by atoms with Gasteiger partial charge in [0.15, 0.2) is 6.29 Å². The molecule has 1 atom stereocenters. The molecule has 4 nitrogen and oxygen atoms in total. The second-order valence-corrected chi connectivity index (χ2v) is 5.77. The Kier molecular flexibility index (Phi) is 3.08. The summed E-state index contributed by atoms with van der Waals surface area (Å²) < 4.78 is 27.0. The number of hydrogen-bond acceptors (Lipinski definition) is 4. The van der Waals surface area contributed by atoms with Crippen LogP contribution in [0, 0.1) is 0 Å². The predicted octanol–water partition coefficient (Wildman–Crippen LogP) is 0.169. The minimum absolute atomic E-state index is 0.0196. The highest BCUT2D eigenvalue weighted by Gasteiger charge is 2.35. The summed E-state index contributed by atoms with van der Waals surface area (Å²) in [6.07, 6.45) is 3.68. The van der Waals surface area contributed by atoms with E-state index in [0.29, 0.717) is 13.0 Å². The van der Waals surface area contributed by atoms with Crippen molar-refractivity contribution >= 4 is 16.1 Å². The number of carbonyl (C=O) groups is 1.